The number of likely N-dealkylation sites (N-methyl/N-ethyl adjacent to an activating group) is 1. The number of hydrogen-bond donors (Lipinski definition) is 1. The predicted molar refractivity (Wildman–Crippen MR) is 102 cm³/mol. The van der Waals surface area contributed by atoms with E-state index in [9.17, 15) is 9.18 Å². The molecule has 0 aromatic heterocycles. The second-order valence-electron chi connectivity index (χ2n) is 7.96. The Morgan fingerprint density at radius 2 is 1.93 bits per heavy atom. The van der Waals surface area contributed by atoms with Crippen LogP contribution in [-0.2, 0) is 10.3 Å². The molecule has 0 aliphatic carbocycles. The second-order valence-corrected chi connectivity index (χ2v) is 7.96. The molecule has 5 nitrogen and oxygen atoms in total. The molecule has 0 saturated heterocycles. The van der Waals surface area contributed by atoms with Gasteiger partial charge >= 0.3 is 0 Å². The van der Waals surface area contributed by atoms with Crippen molar-refractivity contribution in [3.8, 4) is 16.9 Å². The van der Waals surface area contributed by atoms with E-state index in [1.807, 2.05) is 45.0 Å². The van der Waals surface area contributed by atoms with Crippen LogP contribution in [0, 0.1) is 12.7 Å². The molecule has 2 aliphatic rings. The fraction of sp³-hybridized carbons (Fsp3) is 0.333. The second kappa shape index (κ2) is 5.55. The maximum Gasteiger partial charge on any atom is 0.261 e. The summed E-state index contributed by atoms with van der Waals surface area (Å²) in [7, 11) is 1.62. The van der Waals surface area contributed by atoms with Crippen molar-refractivity contribution in [1.82, 2.24) is 4.90 Å². The molecule has 0 fully saturated rings. The summed E-state index contributed by atoms with van der Waals surface area (Å²) in [5.41, 5.74) is 7.32. The number of guanidine groups is 1. The molecule has 1 spiro atoms. The quantitative estimate of drug-likeness (QED) is 0.840. The maximum absolute atomic E-state index is 13.9. The van der Waals surface area contributed by atoms with Gasteiger partial charge in [0.15, 0.2) is 11.5 Å². The average molecular weight is 367 g/mol. The number of carbonyl (C=O) groups is 1. The van der Waals surface area contributed by atoms with Crippen molar-refractivity contribution in [2.75, 3.05) is 7.05 Å². The van der Waals surface area contributed by atoms with Crippen LogP contribution in [0.4, 0.5) is 4.39 Å². The summed E-state index contributed by atoms with van der Waals surface area (Å²) in [6.45, 7) is 5.70. The molecule has 2 aliphatic heterocycles. The fourth-order valence-electron chi connectivity index (χ4n) is 4.06. The fourth-order valence-corrected chi connectivity index (χ4v) is 4.06. The Hall–Kier alpha value is -2.89. The minimum Gasteiger partial charge on any atom is -0.487 e. The van der Waals surface area contributed by atoms with Crippen molar-refractivity contribution in [1.29, 1.82) is 0 Å². The van der Waals surface area contributed by atoms with Crippen LogP contribution in [0.3, 0.4) is 0 Å². The third-order valence-electron chi connectivity index (χ3n) is 5.18. The van der Waals surface area contributed by atoms with E-state index in [1.165, 1.54) is 17.0 Å². The number of hydrogen-bond acceptors (Lipinski definition) is 4. The number of nitrogens with two attached hydrogens (primary N) is 1. The number of amides is 1. The standard InChI is InChI=1S/C21H22FN3O2/c1-12-7-14(9-15(22)8-12)13-5-6-17-16(10-13)21(11-20(2,3)27-17)18(26)25(4)19(23)24-21/h5-10H,11H2,1-4H3,(H2,23,24). The van der Waals surface area contributed by atoms with Gasteiger partial charge < -0.3 is 10.5 Å². The Kier molecular flexibility index (Phi) is 3.60. The Labute approximate surface area is 157 Å². The number of fused-ring (bicyclic) bond motifs is 2. The topological polar surface area (TPSA) is 67.9 Å². The molecule has 140 valence electrons. The first kappa shape index (κ1) is 17.5. The molecule has 2 heterocycles. The van der Waals surface area contributed by atoms with Crippen LogP contribution in [0.2, 0.25) is 0 Å². The smallest absolute Gasteiger partial charge is 0.261 e. The molecule has 0 radical (unpaired) electrons. The van der Waals surface area contributed by atoms with E-state index in [0.29, 0.717) is 17.7 Å². The van der Waals surface area contributed by atoms with Gasteiger partial charge in [-0.3, -0.25) is 9.69 Å². The highest BCUT2D eigenvalue weighted by atomic mass is 19.1. The summed E-state index contributed by atoms with van der Waals surface area (Å²) in [5.74, 6) is 0.318. The average Bonchev–Trinajstić information content (AvgIpc) is 2.77. The molecule has 0 saturated carbocycles. The van der Waals surface area contributed by atoms with Gasteiger partial charge in [0.2, 0.25) is 0 Å². The number of nitrogens with zero attached hydrogens (tertiary/aromatic N) is 2. The molecule has 2 aromatic rings. The zero-order valence-electron chi connectivity index (χ0n) is 15.8. The largest absolute Gasteiger partial charge is 0.487 e. The van der Waals surface area contributed by atoms with Crippen molar-refractivity contribution < 1.29 is 13.9 Å². The van der Waals surface area contributed by atoms with Crippen LogP contribution < -0.4 is 10.5 Å². The third kappa shape index (κ3) is 2.67. The summed E-state index contributed by atoms with van der Waals surface area (Å²) in [4.78, 5) is 19.1. The number of carbonyl (C=O) groups excluding carboxylic acids is 1. The Bertz CT molecular complexity index is 979. The number of benzene rings is 2. The first-order chi connectivity index (χ1) is 12.6. The first-order valence-electron chi connectivity index (χ1n) is 8.86. The van der Waals surface area contributed by atoms with E-state index in [4.69, 9.17) is 10.5 Å². The van der Waals surface area contributed by atoms with Crippen molar-refractivity contribution in [3.63, 3.8) is 0 Å². The maximum atomic E-state index is 13.9. The lowest BCUT2D eigenvalue weighted by molar-refractivity contribution is -0.133. The molecular formula is C21H22FN3O2. The van der Waals surface area contributed by atoms with Gasteiger partial charge in [0.25, 0.3) is 5.91 Å². The monoisotopic (exact) mass is 367 g/mol. The first-order valence-corrected chi connectivity index (χ1v) is 8.86. The highest BCUT2D eigenvalue weighted by Gasteiger charge is 2.55. The summed E-state index contributed by atoms with van der Waals surface area (Å²) in [6, 6.07) is 10.4. The van der Waals surface area contributed by atoms with Gasteiger partial charge in [-0.25, -0.2) is 9.38 Å². The van der Waals surface area contributed by atoms with Crippen molar-refractivity contribution in [2.45, 2.75) is 38.3 Å². The van der Waals surface area contributed by atoms with Gasteiger partial charge in [0, 0.05) is 19.0 Å². The van der Waals surface area contributed by atoms with E-state index in [-0.39, 0.29) is 17.7 Å². The Balaban J connectivity index is 1.93. The van der Waals surface area contributed by atoms with Gasteiger partial charge in [-0.2, -0.15) is 0 Å². The van der Waals surface area contributed by atoms with Crippen molar-refractivity contribution in [3.05, 3.63) is 53.3 Å². The van der Waals surface area contributed by atoms with Crippen LogP contribution >= 0.6 is 0 Å². The van der Waals surface area contributed by atoms with Crippen LogP contribution in [0.5, 0.6) is 5.75 Å². The summed E-state index contributed by atoms with van der Waals surface area (Å²) < 4.78 is 20.0. The Morgan fingerprint density at radius 3 is 2.56 bits per heavy atom. The minimum absolute atomic E-state index is 0.176. The molecule has 6 heteroatoms. The zero-order chi connectivity index (χ0) is 19.6. The van der Waals surface area contributed by atoms with Crippen LogP contribution in [0.15, 0.2) is 41.4 Å². The third-order valence-corrected chi connectivity index (χ3v) is 5.18. The highest BCUT2D eigenvalue weighted by Crippen LogP contribution is 2.49. The van der Waals surface area contributed by atoms with Crippen LogP contribution in [-0.4, -0.2) is 29.4 Å². The number of aryl methyl sites for hydroxylation is 1. The number of rotatable bonds is 1. The number of ether oxygens (including phenoxy) is 1. The lowest BCUT2D eigenvalue weighted by atomic mass is 9.77. The molecule has 1 amide bonds. The molecule has 27 heavy (non-hydrogen) atoms. The molecule has 2 aromatic carbocycles. The summed E-state index contributed by atoms with van der Waals surface area (Å²) in [6.07, 6.45) is 0.377. The molecular weight excluding hydrogens is 345 g/mol. The Morgan fingerprint density at radius 1 is 1.19 bits per heavy atom. The molecule has 1 atom stereocenters. The van der Waals surface area contributed by atoms with Gasteiger partial charge in [-0.05, 0) is 61.7 Å². The van der Waals surface area contributed by atoms with Crippen molar-refractivity contribution in [2.24, 2.45) is 10.7 Å². The van der Waals surface area contributed by atoms with E-state index in [1.54, 1.807) is 7.05 Å². The number of aliphatic imine (C=N–C) groups is 1. The number of halogens is 1. The van der Waals surface area contributed by atoms with Gasteiger partial charge in [-0.1, -0.05) is 12.1 Å². The van der Waals surface area contributed by atoms with E-state index in [0.717, 1.165) is 16.7 Å². The predicted octanol–water partition coefficient (Wildman–Crippen LogP) is 3.34. The zero-order valence-corrected chi connectivity index (χ0v) is 15.8. The molecule has 4 rings (SSSR count). The lowest BCUT2D eigenvalue weighted by Crippen LogP contribution is -2.49. The van der Waals surface area contributed by atoms with Crippen LogP contribution in [0.1, 0.15) is 31.4 Å². The van der Waals surface area contributed by atoms with Gasteiger partial charge in [0.1, 0.15) is 17.2 Å². The summed E-state index contributed by atoms with van der Waals surface area (Å²) in [5, 5.41) is 0. The summed E-state index contributed by atoms with van der Waals surface area (Å²) >= 11 is 0. The highest BCUT2D eigenvalue weighted by molar-refractivity contribution is 6.07. The van der Waals surface area contributed by atoms with Gasteiger partial charge in [0.05, 0.1) is 0 Å². The molecule has 1 unspecified atom stereocenters. The minimum atomic E-state index is -1.12. The lowest BCUT2D eigenvalue weighted by Gasteiger charge is -2.41. The normalized spacial score (nSPS) is 23.2. The SMILES string of the molecule is Cc1cc(F)cc(-c2ccc3c(c2)C2(CC(C)(C)O3)N=C(N)N(C)C2=O)c1. The van der Waals surface area contributed by atoms with E-state index in [2.05, 4.69) is 4.99 Å². The van der Waals surface area contributed by atoms with Gasteiger partial charge in [-0.15, -0.1) is 0 Å². The molecule has 2 N–H and O–H groups in total. The van der Waals surface area contributed by atoms with E-state index < -0.39 is 11.1 Å². The van der Waals surface area contributed by atoms with Crippen LogP contribution in [0.25, 0.3) is 11.1 Å². The van der Waals surface area contributed by atoms with Crippen molar-refractivity contribution >= 4 is 11.9 Å². The van der Waals surface area contributed by atoms with E-state index >= 15 is 0 Å². The molecule has 0 bridgehead atoms.